The van der Waals surface area contributed by atoms with Crippen LogP contribution in [0.2, 0.25) is 0 Å². The number of imidazole rings is 1. The second-order valence-corrected chi connectivity index (χ2v) is 5.45. The molecule has 0 aliphatic carbocycles. The highest BCUT2D eigenvalue weighted by molar-refractivity contribution is 5.77. The van der Waals surface area contributed by atoms with E-state index in [-0.39, 0.29) is 0 Å². The van der Waals surface area contributed by atoms with Crippen molar-refractivity contribution in [3.63, 3.8) is 0 Å². The first-order valence-corrected chi connectivity index (χ1v) is 6.77. The highest BCUT2D eigenvalue weighted by atomic mass is 16.5. The maximum Gasteiger partial charge on any atom is 0.121 e. The molecule has 1 heterocycles. The summed E-state index contributed by atoms with van der Waals surface area (Å²) in [4.78, 5) is 4.75. The van der Waals surface area contributed by atoms with E-state index in [0.29, 0.717) is 18.4 Å². The molecule has 0 radical (unpaired) electrons. The number of hydrogen-bond acceptors (Lipinski definition) is 3. The Kier molecular flexibility index (Phi) is 4.10. The van der Waals surface area contributed by atoms with E-state index in [4.69, 9.17) is 15.5 Å². The Hall–Kier alpha value is -1.55. The number of methoxy groups -OCH3 is 1. The van der Waals surface area contributed by atoms with Gasteiger partial charge >= 0.3 is 0 Å². The average Bonchev–Trinajstić information content (AvgIpc) is 2.72. The maximum absolute atomic E-state index is 5.92. The zero-order valence-corrected chi connectivity index (χ0v) is 12.2. The summed E-state index contributed by atoms with van der Waals surface area (Å²) in [5, 5.41) is 0. The fourth-order valence-corrected chi connectivity index (χ4v) is 2.57. The number of aryl methyl sites for hydroxylation is 1. The van der Waals surface area contributed by atoms with Crippen molar-refractivity contribution in [3.05, 3.63) is 24.0 Å². The monoisotopic (exact) mass is 261 g/mol. The molecule has 0 fully saturated rings. The lowest BCUT2D eigenvalue weighted by atomic mass is 9.96. The fourth-order valence-electron chi connectivity index (χ4n) is 2.57. The zero-order valence-electron chi connectivity index (χ0n) is 12.2. The molecule has 2 aromatic rings. The number of hydrogen-bond donors (Lipinski definition) is 1. The van der Waals surface area contributed by atoms with Crippen LogP contribution in [-0.4, -0.2) is 23.2 Å². The molecular formula is C15H23N3O. The van der Waals surface area contributed by atoms with Gasteiger partial charge in [0.25, 0.3) is 0 Å². The fraction of sp³-hybridized carbons (Fsp3) is 0.533. The molecule has 0 saturated carbocycles. The SMILES string of the molecule is COc1ccc2c(c1)nc(C(CN)CC(C)C)n2C. The lowest BCUT2D eigenvalue weighted by Gasteiger charge is -2.16. The van der Waals surface area contributed by atoms with Gasteiger partial charge in [0, 0.05) is 25.6 Å². The number of ether oxygens (including phenoxy) is 1. The molecule has 0 bridgehead atoms. The van der Waals surface area contributed by atoms with E-state index in [0.717, 1.165) is 29.0 Å². The first-order chi connectivity index (χ1) is 9.06. The number of nitrogens with two attached hydrogens (primary N) is 1. The van der Waals surface area contributed by atoms with Crippen LogP contribution in [0.4, 0.5) is 0 Å². The van der Waals surface area contributed by atoms with E-state index in [1.807, 2.05) is 18.2 Å². The Morgan fingerprint density at radius 2 is 2.11 bits per heavy atom. The first-order valence-electron chi connectivity index (χ1n) is 6.77. The Morgan fingerprint density at radius 3 is 2.68 bits per heavy atom. The maximum atomic E-state index is 5.92. The summed E-state index contributed by atoms with van der Waals surface area (Å²) in [6.07, 6.45) is 1.06. The lowest BCUT2D eigenvalue weighted by molar-refractivity contribution is 0.415. The van der Waals surface area contributed by atoms with Gasteiger partial charge < -0.3 is 15.0 Å². The summed E-state index contributed by atoms with van der Waals surface area (Å²) >= 11 is 0. The van der Waals surface area contributed by atoms with Crippen molar-refractivity contribution in [2.45, 2.75) is 26.2 Å². The van der Waals surface area contributed by atoms with Crippen molar-refractivity contribution in [2.75, 3.05) is 13.7 Å². The minimum Gasteiger partial charge on any atom is -0.497 e. The van der Waals surface area contributed by atoms with Gasteiger partial charge in [-0.25, -0.2) is 4.98 Å². The summed E-state index contributed by atoms with van der Waals surface area (Å²) in [7, 11) is 3.73. The molecule has 2 N–H and O–H groups in total. The molecule has 4 nitrogen and oxygen atoms in total. The quantitative estimate of drug-likeness (QED) is 0.900. The van der Waals surface area contributed by atoms with Crippen LogP contribution in [0.3, 0.4) is 0 Å². The van der Waals surface area contributed by atoms with Gasteiger partial charge in [-0.1, -0.05) is 13.8 Å². The molecule has 0 aliphatic rings. The smallest absolute Gasteiger partial charge is 0.121 e. The minimum absolute atomic E-state index is 0.309. The minimum atomic E-state index is 0.309. The van der Waals surface area contributed by atoms with E-state index in [2.05, 4.69) is 25.5 Å². The molecule has 0 aliphatic heterocycles. The van der Waals surface area contributed by atoms with Gasteiger partial charge in [0.15, 0.2) is 0 Å². The Balaban J connectivity index is 2.45. The van der Waals surface area contributed by atoms with Crippen LogP contribution in [0.1, 0.15) is 32.0 Å². The summed E-state index contributed by atoms with van der Waals surface area (Å²) in [6.45, 7) is 5.06. The number of nitrogens with zero attached hydrogens (tertiary/aromatic N) is 2. The summed E-state index contributed by atoms with van der Waals surface area (Å²) < 4.78 is 7.40. The molecule has 0 spiro atoms. The van der Waals surface area contributed by atoms with Gasteiger partial charge in [-0.3, -0.25) is 0 Å². The van der Waals surface area contributed by atoms with Crippen LogP contribution in [0.5, 0.6) is 5.75 Å². The Bertz CT molecular complexity index is 560. The third-order valence-corrected chi connectivity index (χ3v) is 3.53. The van der Waals surface area contributed by atoms with E-state index in [9.17, 15) is 0 Å². The summed E-state index contributed by atoms with van der Waals surface area (Å²) in [5.74, 6) is 2.83. The van der Waals surface area contributed by atoms with Gasteiger partial charge in [-0.15, -0.1) is 0 Å². The molecule has 1 aromatic carbocycles. The molecule has 1 aromatic heterocycles. The molecule has 1 atom stereocenters. The Labute approximate surface area is 114 Å². The predicted molar refractivity (Wildman–Crippen MR) is 78.5 cm³/mol. The topological polar surface area (TPSA) is 53.1 Å². The van der Waals surface area contributed by atoms with Crippen LogP contribution in [-0.2, 0) is 7.05 Å². The molecule has 4 heteroatoms. The zero-order chi connectivity index (χ0) is 14.0. The van der Waals surface area contributed by atoms with Crippen molar-refractivity contribution >= 4 is 11.0 Å². The molecule has 104 valence electrons. The molecular weight excluding hydrogens is 238 g/mol. The van der Waals surface area contributed by atoms with E-state index in [1.165, 1.54) is 0 Å². The highest BCUT2D eigenvalue weighted by Gasteiger charge is 2.18. The van der Waals surface area contributed by atoms with Crippen molar-refractivity contribution in [3.8, 4) is 5.75 Å². The van der Waals surface area contributed by atoms with Crippen LogP contribution < -0.4 is 10.5 Å². The van der Waals surface area contributed by atoms with Crippen molar-refractivity contribution in [1.29, 1.82) is 0 Å². The number of aromatic nitrogens is 2. The third-order valence-electron chi connectivity index (χ3n) is 3.53. The number of rotatable bonds is 5. The van der Waals surface area contributed by atoms with Gasteiger partial charge in [0.1, 0.15) is 11.6 Å². The molecule has 2 rings (SSSR count). The van der Waals surface area contributed by atoms with Gasteiger partial charge in [0.2, 0.25) is 0 Å². The van der Waals surface area contributed by atoms with E-state index >= 15 is 0 Å². The Morgan fingerprint density at radius 1 is 1.37 bits per heavy atom. The van der Waals surface area contributed by atoms with Crippen molar-refractivity contribution < 1.29 is 4.74 Å². The van der Waals surface area contributed by atoms with Gasteiger partial charge in [-0.2, -0.15) is 0 Å². The first kappa shape index (κ1) is 13.9. The second-order valence-electron chi connectivity index (χ2n) is 5.45. The van der Waals surface area contributed by atoms with E-state index < -0.39 is 0 Å². The van der Waals surface area contributed by atoms with Gasteiger partial charge in [0.05, 0.1) is 18.1 Å². The molecule has 0 saturated heterocycles. The molecule has 19 heavy (non-hydrogen) atoms. The second kappa shape index (κ2) is 5.61. The van der Waals surface area contributed by atoms with Crippen LogP contribution in [0.25, 0.3) is 11.0 Å². The van der Waals surface area contributed by atoms with Crippen LogP contribution in [0.15, 0.2) is 18.2 Å². The average molecular weight is 261 g/mol. The highest BCUT2D eigenvalue weighted by Crippen LogP contribution is 2.27. The largest absolute Gasteiger partial charge is 0.497 e. The van der Waals surface area contributed by atoms with Crippen LogP contribution in [0, 0.1) is 5.92 Å². The summed E-state index contributed by atoms with van der Waals surface area (Å²) in [5.41, 5.74) is 8.02. The predicted octanol–water partition coefficient (Wildman–Crippen LogP) is 2.67. The third kappa shape index (κ3) is 2.73. The van der Waals surface area contributed by atoms with Crippen molar-refractivity contribution in [1.82, 2.24) is 9.55 Å². The normalized spacial score (nSPS) is 13.2. The summed E-state index contributed by atoms with van der Waals surface area (Å²) in [6, 6.07) is 5.99. The number of fused-ring (bicyclic) bond motifs is 1. The van der Waals surface area contributed by atoms with E-state index in [1.54, 1.807) is 7.11 Å². The standard InChI is InChI=1S/C15H23N3O/c1-10(2)7-11(9-16)15-17-13-8-12(19-4)5-6-14(13)18(15)3/h5-6,8,10-11H,7,9,16H2,1-4H3. The van der Waals surface area contributed by atoms with Gasteiger partial charge in [-0.05, 0) is 24.5 Å². The number of benzene rings is 1. The van der Waals surface area contributed by atoms with Crippen molar-refractivity contribution in [2.24, 2.45) is 18.7 Å². The molecule has 0 amide bonds. The lowest BCUT2D eigenvalue weighted by Crippen LogP contribution is -2.18. The van der Waals surface area contributed by atoms with Crippen LogP contribution >= 0.6 is 0 Å². The molecule has 1 unspecified atom stereocenters.